The van der Waals surface area contributed by atoms with Crippen molar-refractivity contribution in [1.82, 2.24) is 10.6 Å². The van der Waals surface area contributed by atoms with E-state index in [9.17, 15) is 13.2 Å². The fourth-order valence-corrected chi connectivity index (χ4v) is 2.92. The van der Waals surface area contributed by atoms with Crippen molar-refractivity contribution in [3.8, 4) is 0 Å². The lowest BCUT2D eigenvalue weighted by Gasteiger charge is -2.08. The minimum atomic E-state index is -3.26. The summed E-state index contributed by atoms with van der Waals surface area (Å²) >= 11 is 0. The Morgan fingerprint density at radius 1 is 1.25 bits per heavy atom. The Kier molecular flexibility index (Phi) is 7.33. The molecule has 16 heavy (non-hydrogen) atoms. The highest BCUT2D eigenvalue weighted by molar-refractivity contribution is 7.92. The normalized spacial score (nSPS) is 11.8. The van der Waals surface area contributed by atoms with Crippen molar-refractivity contribution in [1.29, 1.82) is 0 Å². The standard InChI is InChI=1S/C10H22N2O3S/c1-4-11-5-6-12-10(13)8-16(14,15)7-9(2)3/h9,11H,4-8H2,1-3H3,(H,12,13). The van der Waals surface area contributed by atoms with E-state index in [4.69, 9.17) is 0 Å². The number of carbonyl (C=O) groups excluding carboxylic acids is 1. The van der Waals surface area contributed by atoms with Crippen molar-refractivity contribution >= 4 is 15.7 Å². The van der Waals surface area contributed by atoms with Crippen molar-refractivity contribution in [3.63, 3.8) is 0 Å². The highest BCUT2D eigenvalue weighted by atomic mass is 32.2. The van der Waals surface area contributed by atoms with E-state index in [1.165, 1.54) is 0 Å². The molecule has 0 unspecified atom stereocenters. The average molecular weight is 250 g/mol. The third-order valence-electron chi connectivity index (χ3n) is 1.81. The fraction of sp³-hybridized carbons (Fsp3) is 0.900. The van der Waals surface area contributed by atoms with Gasteiger partial charge in [-0.1, -0.05) is 20.8 Å². The predicted octanol–water partition coefficient (Wildman–Crippen LogP) is -0.217. The van der Waals surface area contributed by atoms with E-state index in [1.54, 1.807) is 0 Å². The molecule has 0 saturated heterocycles. The summed E-state index contributed by atoms with van der Waals surface area (Å²) < 4.78 is 22.9. The molecule has 0 aliphatic carbocycles. The van der Waals surface area contributed by atoms with Gasteiger partial charge in [-0.15, -0.1) is 0 Å². The second-order valence-electron chi connectivity index (χ2n) is 4.15. The summed E-state index contributed by atoms with van der Waals surface area (Å²) in [6.45, 7) is 7.56. The fourth-order valence-electron chi connectivity index (χ4n) is 1.28. The number of hydrogen-bond donors (Lipinski definition) is 2. The Morgan fingerprint density at radius 2 is 1.88 bits per heavy atom. The third-order valence-corrected chi connectivity index (χ3v) is 3.69. The molecule has 6 heteroatoms. The molecule has 1 amide bonds. The summed E-state index contributed by atoms with van der Waals surface area (Å²) in [5.74, 6) is -0.705. The number of likely N-dealkylation sites (N-methyl/N-ethyl adjacent to an activating group) is 1. The zero-order chi connectivity index (χ0) is 12.6. The zero-order valence-electron chi connectivity index (χ0n) is 10.2. The van der Waals surface area contributed by atoms with Gasteiger partial charge in [-0.2, -0.15) is 0 Å². The van der Waals surface area contributed by atoms with Crippen LogP contribution >= 0.6 is 0 Å². The number of nitrogens with one attached hydrogen (secondary N) is 2. The van der Waals surface area contributed by atoms with Crippen molar-refractivity contribution < 1.29 is 13.2 Å². The maximum Gasteiger partial charge on any atom is 0.235 e. The van der Waals surface area contributed by atoms with E-state index < -0.39 is 21.5 Å². The van der Waals surface area contributed by atoms with E-state index in [0.717, 1.165) is 6.54 Å². The molecule has 0 saturated carbocycles. The summed E-state index contributed by atoms with van der Waals surface area (Å²) in [5.41, 5.74) is 0. The summed E-state index contributed by atoms with van der Waals surface area (Å²) in [5, 5.41) is 5.60. The van der Waals surface area contributed by atoms with Crippen molar-refractivity contribution in [2.24, 2.45) is 5.92 Å². The van der Waals surface area contributed by atoms with Crippen LogP contribution in [0.1, 0.15) is 20.8 Å². The second-order valence-corrected chi connectivity index (χ2v) is 6.26. The highest BCUT2D eigenvalue weighted by Crippen LogP contribution is 2.00. The summed E-state index contributed by atoms with van der Waals surface area (Å²) in [6.07, 6.45) is 0. The lowest BCUT2D eigenvalue weighted by molar-refractivity contribution is -0.118. The van der Waals surface area contributed by atoms with Crippen LogP contribution in [0, 0.1) is 5.92 Å². The molecule has 0 aliphatic rings. The average Bonchev–Trinajstić information content (AvgIpc) is 2.09. The van der Waals surface area contributed by atoms with Crippen LogP contribution in [0.3, 0.4) is 0 Å². The van der Waals surface area contributed by atoms with Gasteiger partial charge >= 0.3 is 0 Å². The number of rotatable bonds is 8. The molecule has 0 aromatic heterocycles. The minimum absolute atomic E-state index is 0.0551. The summed E-state index contributed by atoms with van der Waals surface area (Å²) in [6, 6.07) is 0. The molecule has 96 valence electrons. The van der Waals surface area contributed by atoms with E-state index in [2.05, 4.69) is 10.6 Å². The van der Waals surface area contributed by atoms with E-state index >= 15 is 0 Å². The van der Waals surface area contributed by atoms with Gasteiger partial charge in [0.2, 0.25) is 5.91 Å². The van der Waals surface area contributed by atoms with Crippen LogP contribution in [0.5, 0.6) is 0 Å². The molecule has 0 aliphatic heterocycles. The third kappa shape index (κ3) is 8.67. The van der Waals surface area contributed by atoms with Gasteiger partial charge in [0.05, 0.1) is 5.75 Å². The highest BCUT2D eigenvalue weighted by Gasteiger charge is 2.17. The largest absolute Gasteiger partial charge is 0.354 e. The number of hydrogen-bond acceptors (Lipinski definition) is 4. The van der Waals surface area contributed by atoms with Crippen molar-refractivity contribution in [3.05, 3.63) is 0 Å². The van der Waals surface area contributed by atoms with Gasteiger partial charge in [-0.25, -0.2) is 8.42 Å². The quantitative estimate of drug-likeness (QED) is 0.584. The first-order valence-electron chi connectivity index (χ1n) is 5.55. The lowest BCUT2D eigenvalue weighted by atomic mass is 10.3. The first-order valence-corrected chi connectivity index (χ1v) is 7.37. The maximum absolute atomic E-state index is 11.5. The Balaban J connectivity index is 3.86. The maximum atomic E-state index is 11.5. The van der Waals surface area contributed by atoms with Crippen molar-refractivity contribution in [2.45, 2.75) is 20.8 Å². The molecule has 0 atom stereocenters. The first kappa shape index (κ1) is 15.4. The molecule has 0 heterocycles. The molecule has 2 N–H and O–H groups in total. The molecular formula is C10H22N2O3S. The number of carbonyl (C=O) groups is 1. The van der Waals surface area contributed by atoms with Crippen LogP contribution in [-0.4, -0.2) is 45.5 Å². The molecular weight excluding hydrogens is 228 g/mol. The zero-order valence-corrected chi connectivity index (χ0v) is 11.1. The van der Waals surface area contributed by atoms with Crippen LogP contribution < -0.4 is 10.6 Å². The van der Waals surface area contributed by atoms with Gasteiger partial charge in [0, 0.05) is 13.1 Å². The van der Waals surface area contributed by atoms with Gasteiger partial charge in [0.15, 0.2) is 9.84 Å². The summed E-state index contributed by atoms with van der Waals surface area (Å²) in [4.78, 5) is 11.3. The Morgan fingerprint density at radius 3 is 2.38 bits per heavy atom. The van der Waals surface area contributed by atoms with Gasteiger partial charge in [-0.05, 0) is 12.5 Å². The lowest BCUT2D eigenvalue weighted by Crippen LogP contribution is -2.36. The molecule has 0 radical (unpaired) electrons. The SMILES string of the molecule is CCNCCNC(=O)CS(=O)(=O)CC(C)C. The Bertz CT molecular complexity index is 299. The smallest absolute Gasteiger partial charge is 0.235 e. The Labute approximate surface area is 97.9 Å². The van der Waals surface area contributed by atoms with Crippen LogP contribution in [0.2, 0.25) is 0 Å². The molecule has 0 rings (SSSR count). The van der Waals surface area contributed by atoms with Gasteiger partial charge < -0.3 is 10.6 Å². The van der Waals surface area contributed by atoms with Gasteiger partial charge in [0.1, 0.15) is 5.75 Å². The molecule has 0 fully saturated rings. The van der Waals surface area contributed by atoms with Crippen LogP contribution in [-0.2, 0) is 14.6 Å². The van der Waals surface area contributed by atoms with Crippen LogP contribution in [0.25, 0.3) is 0 Å². The van der Waals surface area contributed by atoms with E-state index in [0.29, 0.717) is 13.1 Å². The van der Waals surface area contributed by atoms with E-state index in [1.807, 2.05) is 20.8 Å². The monoisotopic (exact) mass is 250 g/mol. The first-order chi connectivity index (χ1) is 7.37. The summed E-state index contributed by atoms with van der Waals surface area (Å²) in [7, 11) is -3.26. The topological polar surface area (TPSA) is 75.3 Å². The molecule has 0 aromatic rings. The molecule has 0 spiro atoms. The molecule has 5 nitrogen and oxygen atoms in total. The Hall–Kier alpha value is -0.620. The van der Waals surface area contributed by atoms with Crippen molar-refractivity contribution in [2.75, 3.05) is 31.1 Å². The van der Waals surface area contributed by atoms with Gasteiger partial charge in [-0.3, -0.25) is 4.79 Å². The number of amides is 1. The second kappa shape index (κ2) is 7.62. The van der Waals surface area contributed by atoms with Crippen LogP contribution in [0.4, 0.5) is 0 Å². The predicted molar refractivity (Wildman–Crippen MR) is 65.0 cm³/mol. The van der Waals surface area contributed by atoms with E-state index in [-0.39, 0.29) is 11.7 Å². The number of sulfone groups is 1. The van der Waals surface area contributed by atoms with Crippen LogP contribution in [0.15, 0.2) is 0 Å². The molecule has 0 aromatic carbocycles. The van der Waals surface area contributed by atoms with Gasteiger partial charge in [0.25, 0.3) is 0 Å². The molecule has 0 bridgehead atoms. The minimum Gasteiger partial charge on any atom is -0.354 e.